The smallest absolute Gasteiger partial charge is 0.344 e. The van der Waals surface area contributed by atoms with Crippen LogP contribution in [0.25, 0.3) is 27.9 Å². The van der Waals surface area contributed by atoms with Crippen LogP contribution in [0.2, 0.25) is 0 Å². The molecule has 0 saturated heterocycles. The molecule has 2 aromatic carbocycles. The van der Waals surface area contributed by atoms with Gasteiger partial charge in [-0.3, -0.25) is 4.57 Å². The number of fused-ring (bicyclic) bond motifs is 2. The van der Waals surface area contributed by atoms with E-state index < -0.39 is 17.5 Å². The molecule has 8 nitrogen and oxygen atoms in total. The zero-order chi connectivity index (χ0) is 21.6. The standard InChI is InChI=1S/C22H20N4O4/c1-22(2,3)30-21(29)16-17-19(25-15-10-5-4-9-14(15)24-17)26(18(16)23)13-8-6-7-12(11-13)20(27)28/h4-11H,23H2,1-3H3,(H,27,28)/p-1. The molecule has 0 atom stereocenters. The third-order valence-electron chi connectivity index (χ3n) is 4.44. The normalized spacial score (nSPS) is 11.7. The van der Waals surface area contributed by atoms with E-state index in [0.717, 1.165) is 0 Å². The van der Waals surface area contributed by atoms with E-state index in [0.29, 0.717) is 22.4 Å². The highest BCUT2D eigenvalue weighted by molar-refractivity contribution is 6.09. The number of nitrogens with two attached hydrogens (primary N) is 1. The molecule has 152 valence electrons. The Morgan fingerprint density at radius 3 is 2.33 bits per heavy atom. The molecule has 0 fully saturated rings. The van der Waals surface area contributed by atoms with Crippen molar-refractivity contribution in [2.24, 2.45) is 0 Å². The maximum Gasteiger partial charge on any atom is 0.344 e. The van der Waals surface area contributed by atoms with Crippen LogP contribution in [0.3, 0.4) is 0 Å². The average Bonchev–Trinajstić information content (AvgIpc) is 2.95. The number of benzene rings is 2. The van der Waals surface area contributed by atoms with Crippen molar-refractivity contribution >= 4 is 40.0 Å². The first kappa shape index (κ1) is 19.4. The predicted molar refractivity (Wildman–Crippen MR) is 110 cm³/mol. The number of ether oxygens (including phenoxy) is 1. The number of carbonyl (C=O) groups is 2. The highest BCUT2D eigenvalue weighted by Gasteiger charge is 2.28. The monoisotopic (exact) mass is 403 g/mol. The summed E-state index contributed by atoms with van der Waals surface area (Å²) in [7, 11) is 0. The number of carboxylic acids is 1. The van der Waals surface area contributed by atoms with E-state index in [-0.39, 0.29) is 22.5 Å². The molecular formula is C22H19N4O4-. The Hall–Kier alpha value is -3.94. The average molecular weight is 403 g/mol. The topological polar surface area (TPSA) is 123 Å². The van der Waals surface area contributed by atoms with E-state index in [1.807, 2.05) is 12.1 Å². The van der Waals surface area contributed by atoms with Crippen LogP contribution in [-0.4, -0.2) is 32.1 Å². The molecule has 2 N–H and O–H groups in total. The van der Waals surface area contributed by atoms with Gasteiger partial charge < -0.3 is 20.4 Å². The molecule has 0 aliphatic rings. The Labute approximate surface area is 171 Å². The van der Waals surface area contributed by atoms with Crippen LogP contribution < -0.4 is 10.8 Å². The maximum absolute atomic E-state index is 13.0. The van der Waals surface area contributed by atoms with Crippen molar-refractivity contribution < 1.29 is 19.4 Å². The minimum Gasteiger partial charge on any atom is -0.545 e. The molecule has 4 aromatic rings. The molecular weight excluding hydrogens is 384 g/mol. The van der Waals surface area contributed by atoms with Crippen molar-refractivity contribution in [3.8, 4) is 5.69 Å². The molecule has 0 aliphatic heterocycles. The van der Waals surface area contributed by atoms with Crippen LogP contribution in [0.15, 0.2) is 48.5 Å². The van der Waals surface area contributed by atoms with Gasteiger partial charge in [-0.05, 0) is 50.6 Å². The van der Waals surface area contributed by atoms with Gasteiger partial charge in [0, 0.05) is 5.69 Å². The quantitative estimate of drug-likeness (QED) is 0.521. The van der Waals surface area contributed by atoms with E-state index in [9.17, 15) is 14.7 Å². The molecule has 30 heavy (non-hydrogen) atoms. The number of nitrogens with zero attached hydrogens (tertiary/aromatic N) is 3. The molecule has 0 spiro atoms. The summed E-state index contributed by atoms with van der Waals surface area (Å²) in [6.07, 6.45) is 0. The lowest BCUT2D eigenvalue weighted by molar-refractivity contribution is -0.255. The number of carboxylic acid groups (broad SMARTS) is 1. The van der Waals surface area contributed by atoms with Crippen molar-refractivity contribution in [3.05, 3.63) is 59.7 Å². The molecule has 4 rings (SSSR count). The third-order valence-corrected chi connectivity index (χ3v) is 4.44. The van der Waals surface area contributed by atoms with Crippen molar-refractivity contribution in [1.29, 1.82) is 0 Å². The second-order valence-electron chi connectivity index (χ2n) is 7.82. The van der Waals surface area contributed by atoms with Crippen LogP contribution in [0.1, 0.15) is 41.5 Å². The predicted octanol–water partition coefficient (Wildman–Crippen LogP) is 2.47. The lowest BCUT2D eigenvalue weighted by Crippen LogP contribution is -2.24. The van der Waals surface area contributed by atoms with Gasteiger partial charge in [-0.1, -0.05) is 24.3 Å². The first-order valence-electron chi connectivity index (χ1n) is 9.27. The highest BCUT2D eigenvalue weighted by atomic mass is 16.6. The number of para-hydroxylation sites is 2. The van der Waals surface area contributed by atoms with Crippen molar-refractivity contribution in [2.75, 3.05) is 5.73 Å². The zero-order valence-corrected chi connectivity index (χ0v) is 16.7. The number of rotatable bonds is 3. The van der Waals surface area contributed by atoms with Crippen LogP contribution >= 0.6 is 0 Å². The molecule has 0 amide bonds. The summed E-state index contributed by atoms with van der Waals surface area (Å²) in [6.45, 7) is 5.26. The number of anilines is 1. The van der Waals surface area contributed by atoms with E-state index in [1.165, 1.54) is 16.7 Å². The molecule has 2 aromatic heterocycles. The Morgan fingerprint density at radius 2 is 1.70 bits per heavy atom. The summed E-state index contributed by atoms with van der Waals surface area (Å²) >= 11 is 0. The summed E-state index contributed by atoms with van der Waals surface area (Å²) in [5.74, 6) is -1.90. The van der Waals surface area contributed by atoms with Gasteiger partial charge in [-0.15, -0.1) is 0 Å². The van der Waals surface area contributed by atoms with Crippen LogP contribution in [-0.2, 0) is 4.74 Å². The van der Waals surface area contributed by atoms with Gasteiger partial charge in [-0.2, -0.15) is 0 Å². The number of hydrogen-bond donors (Lipinski definition) is 1. The Morgan fingerprint density at radius 1 is 1.03 bits per heavy atom. The van der Waals surface area contributed by atoms with E-state index in [2.05, 4.69) is 9.97 Å². The van der Waals surface area contributed by atoms with Gasteiger partial charge in [0.2, 0.25) is 0 Å². The van der Waals surface area contributed by atoms with Gasteiger partial charge in [0.05, 0.1) is 17.0 Å². The van der Waals surface area contributed by atoms with Gasteiger partial charge >= 0.3 is 5.97 Å². The molecule has 0 aliphatic carbocycles. The molecule has 8 heteroatoms. The summed E-state index contributed by atoms with van der Waals surface area (Å²) in [6, 6.07) is 13.3. The lowest BCUT2D eigenvalue weighted by Gasteiger charge is -2.19. The van der Waals surface area contributed by atoms with Crippen LogP contribution in [0.4, 0.5) is 5.82 Å². The number of esters is 1. The number of hydrogen-bond acceptors (Lipinski definition) is 7. The Bertz CT molecular complexity index is 1320. The van der Waals surface area contributed by atoms with Gasteiger partial charge in [0.15, 0.2) is 5.65 Å². The van der Waals surface area contributed by atoms with Crippen LogP contribution in [0, 0.1) is 0 Å². The fourth-order valence-electron chi connectivity index (χ4n) is 3.23. The van der Waals surface area contributed by atoms with Crippen molar-refractivity contribution in [1.82, 2.24) is 14.5 Å². The minimum atomic E-state index is -1.32. The minimum absolute atomic E-state index is 0.0266. The van der Waals surface area contributed by atoms with Crippen LogP contribution in [0.5, 0.6) is 0 Å². The van der Waals surface area contributed by atoms with Crippen molar-refractivity contribution in [3.63, 3.8) is 0 Å². The Kier molecular flexibility index (Phi) is 4.42. The maximum atomic E-state index is 13.0. The Balaban J connectivity index is 2.06. The fourth-order valence-corrected chi connectivity index (χ4v) is 3.23. The molecule has 2 heterocycles. The first-order chi connectivity index (χ1) is 14.2. The van der Waals surface area contributed by atoms with E-state index in [1.54, 1.807) is 45.0 Å². The van der Waals surface area contributed by atoms with Gasteiger partial charge in [0.25, 0.3) is 0 Å². The second kappa shape index (κ2) is 6.84. The zero-order valence-electron chi connectivity index (χ0n) is 16.7. The van der Waals surface area contributed by atoms with Crippen molar-refractivity contribution in [2.45, 2.75) is 26.4 Å². The lowest BCUT2D eigenvalue weighted by atomic mass is 10.2. The van der Waals surface area contributed by atoms with Gasteiger partial charge in [-0.25, -0.2) is 14.8 Å². The second-order valence-corrected chi connectivity index (χ2v) is 7.82. The first-order valence-corrected chi connectivity index (χ1v) is 9.27. The largest absolute Gasteiger partial charge is 0.545 e. The number of aromatic nitrogens is 3. The summed E-state index contributed by atoms with van der Waals surface area (Å²) in [5.41, 5.74) is 7.91. The molecule has 0 unspecified atom stereocenters. The number of carbonyl (C=O) groups excluding carboxylic acids is 2. The van der Waals surface area contributed by atoms with E-state index in [4.69, 9.17) is 10.5 Å². The molecule has 0 radical (unpaired) electrons. The summed E-state index contributed by atoms with van der Waals surface area (Å²) in [4.78, 5) is 33.5. The highest BCUT2D eigenvalue weighted by Crippen LogP contribution is 2.32. The van der Waals surface area contributed by atoms with Gasteiger partial charge in [0.1, 0.15) is 22.5 Å². The summed E-state index contributed by atoms with van der Waals surface area (Å²) < 4.78 is 7.03. The van der Waals surface area contributed by atoms with E-state index >= 15 is 0 Å². The summed E-state index contributed by atoms with van der Waals surface area (Å²) in [5, 5.41) is 11.3. The number of aromatic carboxylic acids is 1. The third kappa shape index (κ3) is 3.32. The molecule has 0 bridgehead atoms. The number of nitrogen functional groups attached to an aromatic ring is 1. The molecule has 0 saturated carbocycles. The SMILES string of the molecule is CC(C)(C)OC(=O)c1c(N)n(-c2cccc(C(=O)[O-])c2)c2nc3ccccc3nc12. The fraction of sp³-hybridized carbons (Fsp3) is 0.182.